The third kappa shape index (κ3) is 3.54. The van der Waals surface area contributed by atoms with Gasteiger partial charge in [0.25, 0.3) is 5.91 Å². The van der Waals surface area contributed by atoms with Crippen molar-refractivity contribution in [3.63, 3.8) is 0 Å². The van der Waals surface area contributed by atoms with Gasteiger partial charge in [0.2, 0.25) is 5.91 Å². The molecule has 0 saturated heterocycles. The van der Waals surface area contributed by atoms with Gasteiger partial charge in [-0.3, -0.25) is 9.59 Å². The highest BCUT2D eigenvalue weighted by Crippen LogP contribution is 2.18. The standard InChI is InChI=1S/C20H20N4O2/c1-3-15-16(4-2)24-18-11-13(8-9-17(18)23-15)20(26)22-14-7-5-6-12(10-14)19(21)25/h5-11H,3-4H2,1-2H3,(H2,21,25)(H,22,26). The number of rotatable bonds is 5. The smallest absolute Gasteiger partial charge is 0.255 e. The third-order valence-electron chi connectivity index (χ3n) is 4.16. The van der Waals surface area contributed by atoms with E-state index >= 15 is 0 Å². The number of benzene rings is 2. The Morgan fingerprint density at radius 2 is 1.62 bits per heavy atom. The van der Waals surface area contributed by atoms with E-state index in [-0.39, 0.29) is 5.91 Å². The number of aryl methyl sites for hydroxylation is 2. The Hall–Kier alpha value is -3.28. The summed E-state index contributed by atoms with van der Waals surface area (Å²) in [7, 11) is 0. The minimum Gasteiger partial charge on any atom is -0.366 e. The first-order valence-electron chi connectivity index (χ1n) is 8.52. The lowest BCUT2D eigenvalue weighted by Crippen LogP contribution is -2.14. The van der Waals surface area contributed by atoms with Gasteiger partial charge in [0.1, 0.15) is 0 Å². The van der Waals surface area contributed by atoms with Gasteiger partial charge in [-0.2, -0.15) is 0 Å². The molecule has 0 bridgehead atoms. The number of hydrogen-bond acceptors (Lipinski definition) is 4. The Labute approximate surface area is 151 Å². The van der Waals surface area contributed by atoms with E-state index < -0.39 is 5.91 Å². The first-order valence-corrected chi connectivity index (χ1v) is 8.52. The number of fused-ring (bicyclic) bond motifs is 1. The Morgan fingerprint density at radius 1 is 0.923 bits per heavy atom. The van der Waals surface area contributed by atoms with Gasteiger partial charge in [-0.1, -0.05) is 19.9 Å². The van der Waals surface area contributed by atoms with E-state index in [2.05, 4.69) is 22.2 Å². The summed E-state index contributed by atoms with van der Waals surface area (Å²) >= 11 is 0. The molecule has 0 saturated carbocycles. The lowest BCUT2D eigenvalue weighted by molar-refractivity contribution is 0.0996. The first kappa shape index (κ1) is 17.5. The van der Waals surface area contributed by atoms with Gasteiger partial charge in [0.15, 0.2) is 0 Å². The summed E-state index contributed by atoms with van der Waals surface area (Å²) in [4.78, 5) is 33.1. The number of amides is 2. The SMILES string of the molecule is CCc1nc2ccc(C(=O)Nc3cccc(C(N)=O)c3)cc2nc1CC. The van der Waals surface area contributed by atoms with Gasteiger partial charge >= 0.3 is 0 Å². The van der Waals surface area contributed by atoms with Crippen molar-refractivity contribution in [3.05, 3.63) is 65.0 Å². The number of nitrogens with zero attached hydrogens (tertiary/aromatic N) is 2. The van der Waals surface area contributed by atoms with E-state index in [0.717, 1.165) is 29.7 Å². The van der Waals surface area contributed by atoms with Crippen LogP contribution >= 0.6 is 0 Å². The van der Waals surface area contributed by atoms with E-state index in [1.807, 2.05) is 6.92 Å². The fourth-order valence-corrected chi connectivity index (χ4v) is 2.79. The first-order chi connectivity index (χ1) is 12.5. The Kier molecular flexibility index (Phi) is 4.93. The molecule has 0 fully saturated rings. The predicted octanol–water partition coefficient (Wildman–Crippen LogP) is 3.11. The molecule has 2 amide bonds. The van der Waals surface area contributed by atoms with Crippen molar-refractivity contribution in [2.75, 3.05) is 5.32 Å². The summed E-state index contributed by atoms with van der Waals surface area (Å²) in [5, 5.41) is 2.77. The van der Waals surface area contributed by atoms with E-state index in [1.54, 1.807) is 42.5 Å². The molecule has 1 heterocycles. The van der Waals surface area contributed by atoms with Crippen molar-refractivity contribution in [3.8, 4) is 0 Å². The van der Waals surface area contributed by atoms with Crippen molar-refractivity contribution in [1.29, 1.82) is 0 Å². The number of nitrogens with one attached hydrogen (secondary N) is 1. The van der Waals surface area contributed by atoms with Crippen molar-refractivity contribution < 1.29 is 9.59 Å². The monoisotopic (exact) mass is 348 g/mol. The summed E-state index contributed by atoms with van der Waals surface area (Å²) in [6, 6.07) is 11.8. The molecule has 0 atom stereocenters. The maximum absolute atomic E-state index is 12.5. The highest BCUT2D eigenvalue weighted by atomic mass is 16.2. The number of anilines is 1. The van der Waals surface area contributed by atoms with Crippen LogP contribution in [0.4, 0.5) is 5.69 Å². The second-order valence-electron chi connectivity index (χ2n) is 5.93. The molecule has 6 nitrogen and oxygen atoms in total. The summed E-state index contributed by atoms with van der Waals surface area (Å²) in [5.41, 5.74) is 9.99. The van der Waals surface area contributed by atoms with Crippen LogP contribution in [0.15, 0.2) is 42.5 Å². The van der Waals surface area contributed by atoms with Gasteiger partial charge < -0.3 is 11.1 Å². The van der Waals surface area contributed by atoms with Crippen molar-refractivity contribution in [2.45, 2.75) is 26.7 Å². The van der Waals surface area contributed by atoms with Gasteiger partial charge in [-0.05, 0) is 49.2 Å². The molecular formula is C20H20N4O2. The maximum Gasteiger partial charge on any atom is 0.255 e. The van der Waals surface area contributed by atoms with E-state index in [0.29, 0.717) is 22.3 Å². The van der Waals surface area contributed by atoms with Crippen molar-refractivity contribution in [2.24, 2.45) is 5.73 Å². The molecule has 0 unspecified atom stereocenters. The Morgan fingerprint density at radius 3 is 2.27 bits per heavy atom. The number of aromatic nitrogens is 2. The van der Waals surface area contributed by atoms with Crippen LogP contribution in [0.5, 0.6) is 0 Å². The van der Waals surface area contributed by atoms with E-state index in [4.69, 9.17) is 5.73 Å². The highest BCUT2D eigenvalue weighted by molar-refractivity contribution is 6.06. The van der Waals surface area contributed by atoms with Crippen molar-refractivity contribution >= 4 is 28.5 Å². The number of nitrogens with two attached hydrogens (primary N) is 1. The quantitative estimate of drug-likeness (QED) is 0.740. The predicted molar refractivity (Wildman–Crippen MR) is 101 cm³/mol. The molecule has 3 N–H and O–H groups in total. The van der Waals surface area contributed by atoms with Crippen LogP contribution in [0, 0.1) is 0 Å². The average Bonchev–Trinajstić information content (AvgIpc) is 2.66. The number of primary amides is 1. The zero-order valence-electron chi connectivity index (χ0n) is 14.7. The van der Waals surface area contributed by atoms with Crippen LogP contribution in [0.3, 0.4) is 0 Å². The third-order valence-corrected chi connectivity index (χ3v) is 4.16. The lowest BCUT2D eigenvalue weighted by atomic mass is 10.1. The minimum atomic E-state index is -0.541. The molecule has 132 valence electrons. The molecule has 0 aliphatic rings. The molecule has 1 aromatic heterocycles. The van der Waals surface area contributed by atoms with Crippen LogP contribution in [0.25, 0.3) is 11.0 Å². The Bertz CT molecular complexity index is 998. The van der Waals surface area contributed by atoms with Crippen LogP contribution in [0.2, 0.25) is 0 Å². The Balaban J connectivity index is 1.91. The number of hydrogen-bond donors (Lipinski definition) is 2. The van der Waals surface area contributed by atoms with Crippen LogP contribution in [0.1, 0.15) is 46.0 Å². The molecular weight excluding hydrogens is 328 g/mol. The largest absolute Gasteiger partial charge is 0.366 e. The summed E-state index contributed by atoms with van der Waals surface area (Å²) in [6.45, 7) is 4.09. The molecule has 6 heteroatoms. The van der Waals surface area contributed by atoms with Crippen LogP contribution in [-0.4, -0.2) is 21.8 Å². The van der Waals surface area contributed by atoms with Gasteiger partial charge in [0, 0.05) is 16.8 Å². The molecule has 3 rings (SSSR count). The van der Waals surface area contributed by atoms with Crippen LogP contribution < -0.4 is 11.1 Å². The molecule has 3 aromatic rings. The highest BCUT2D eigenvalue weighted by Gasteiger charge is 2.11. The fraction of sp³-hybridized carbons (Fsp3) is 0.200. The van der Waals surface area contributed by atoms with E-state index in [9.17, 15) is 9.59 Å². The zero-order valence-corrected chi connectivity index (χ0v) is 14.7. The minimum absolute atomic E-state index is 0.284. The maximum atomic E-state index is 12.5. The van der Waals surface area contributed by atoms with Crippen molar-refractivity contribution in [1.82, 2.24) is 9.97 Å². The van der Waals surface area contributed by atoms with Gasteiger partial charge in [-0.15, -0.1) is 0 Å². The summed E-state index contributed by atoms with van der Waals surface area (Å²) < 4.78 is 0. The molecule has 0 radical (unpaired) electrons. The molecule has 26 heavy (non-hydrogen) atoms. The van der Waals surface area contributed by atoms with Crippen LogP contribution in [-0.2, 0) is 12.8 Å². The van der Waals surface area contributed by atoms with E-state index in [1.165, 1.54) is 0 Å². The fourth-order valence-electron chi connectivity index (χ4n) is 2.79. The normalized spacial score (nSPS) is 10.7. The summed E-state index contributed by atoms with van der Waals surface area (Å²) in [6.07, 6.45) is 1.62. The lowest BCUT2D eigenvalue weighted by Gasteiger charge is -2.09. The second-order valence-corrected chi connectivity index (χ2v) is 5.93. The average molecular weight is 348 g/mol. The topological polar surface area (TPSA) is 98.0 Å². The zero-order chi connectivity index (χ0) is 18.7. The molecule has 0 spiro atoms. The van der Waals surface area contributed by atoms with Gasteiger partial charge in [-0.25, -0.2) is 9.97 Å². The number of carbonyl (C=O) groups is 2. The molecule has 2 aromatic carbocycles. The number of carbonyl (C=O) groups excluding carboxylic acids is 2. The summed E-state index contributed by atoms with van der Waals surface area (Å²) in [5.74, 6) is -0.825. The molecule has 0 aliphatic carbocycles. The second kappa shape index (κ2) is 7.31. The van der Waals surface area contributed by atoms with Gasteiger partial charge in [0.05, 0.1) is 22.4 Å². The molecule has 0 aliphatic heterocycles.